The van der Waals surface area contributed by atoms with Crippen molar-refractivity contribution in [2.75, 3.05) is 25.0 Å². The van der Waals surface area contributed by atoms with Crippen LogP contribution in [-0.2, 0) is 0 Å². The zero-order valence-corrected chi connectivity index (χ0v) is 9.30. The summed E-state index contributed by atoms with van der Waals surface area (Å²) in [6.45, 7) is 3.21. The van der Waals surface area contributed by atoms with Crippen LogP contribution in [0.1, 0.15) is 24.3 Å². The SMILES string of the molecule is Fc1ccc2c(c1)NCCC2C1CCNC1. The van der Waals surface area contributed by atoms with Crippen LogP contribution in [0.5, 0.6) is 0 Å². The third-order valence-electron chi connectivity index (χ3n) is 3.85. The van der Waals surface area contributed by atoms with E-state index in [4.69, 9.17) is 0 Å². The summed E-state index contributed by atoms with van der Waals surface area (Å²) < 4.78 is 13.1. The summed E-state index contributed by atoms with van der Waals surface area (Å²) in [6, 6.07) is 5.17. The topological polar surface area (TPSA) is 24.1 Å². The van der Waals surface area contributed by atoms with Gasteiger partial charge in [0.05, 0.1) is 0 Å². The molecule has 1 aromatic carbocycles. The van der Waals surface area contributed by atoms with Crippen molar-refractivity contribution in [3.05, 3.63) is 29.6 Å². The predicted octanol–water partition coefficient (Wildman–Crippen LogP) is 2.33. The van der Waals surface area contributed by atoms with Gasteiger partial charge in [-0.25, -0.2) is 4.39 Å². The normalized spacial score (nSPS) is 28.6. The standard InChI is InChI=1S/C13H17FN2/c14-10-1-2-12-11(9-3-5-15-8-9)4-6-16-13(12)7-10/h1-2,7,9,11,15-16H,3-6,8H2. The fraction of sp³-hybridized carbons (Fsp3) is 0.538. The summed E-state index contributed by atoms with van der Waals surface area (Å²) in [5.41, 5.74) is 2.31. The molecule has 0 aromatic heterocycles. The second-order valence-corrected chi connectivity index (χ2v) is 4.81. The fourth-order valence-corrected chi connectivity index (χ4v) is 3.03. The van der Waals surface area contributed by atoms with Gasteiger partial charge in [-0.3, -0.25) is 0 Å². The molecule has 0 radical (unpaired) electrons. The maximum atomic E-state index is 13.1. The number of rotatable bonds is 1. The number of hydrogen-bond donors (Lipinski definition) is 2. The van der Waals surface area contributed by atoms with E-state index in [-0.39, 0.29) is 5.82 Å². The molecule has 0 aliphatic carbocycles. The van der Waals surface area contributed by atoms with Crippen molar-refractivity contribution in [2.24, 2.45) is 5.92 Å². The third-order valence-corrected chi connectivity index (χ3v) is 3.85. The fourth-order valence-electron chi connectivity index (χ4n) is 3.03. The van der Waals surface area contributed by atoms with Gasteiger partial charge >= 0.3 is 0 Å². The lowest BCUT2D eigenvalue weighted by molar-refractivity contribution is 0.433. The lowest BCUT2D eigenvalue weighted by Crippen LogP contribution is -2.24. The number of fused-ring (bicyclic) bond motifs is 1. The summed E-state index contributed by atoms with van der Waals surface area (Å²) >= 11 is 0. The molecule has 2 unspecified atom stereocenters. The molecule has 16 heavy (non-hydrogen) atoms. The van der Waals surface area contributed by atoms with Crippen molar-refractivity contribution in [3.63, 3.8) is 0 Å². The Kier molecular flexibility index (Phi) is 2.56. The molecule has 3 rings (SSSR count). The van der Waals surface area contributed by atoms with Crippen LogP contribution in [-0.4, -0.2) is 19.6 Å². The van der Waals surface area contributed by atoms with Crippen LogP contribution in [0.3, 0.4) is 0 Å². The molecule has 0 spiro atoms. The first-order chi connectivity index (χ1) is 7.84. The number of benzene rings is 1. The van der Waals surface area contributed by atoms with Crippen molar-refractivity contribution in [2.45, 2.75) is 18.8 Å². The van der Waals surface area contributed by atoms with Gasteiger partial charge in [-0.2, -0.15) is 0 Å². The van der Waals surface area contributed by atoms with E-state index in [1.54, 1.807) is 12.1 Å². The van der Waals surface area contributed by atoms with Gasteiger partial charge in [0.25, 0.3) is 0 Å². The highest BCUT2D eigenvalue weighted by atomic mass is 19.1. The van der Waals surface area contributed by atoms with E-state index in [9.17, 15) is 4.39 Å². The Labute approximate surface area is 95.2 Å². The summed E-state index contributed by atoms with van der Waals surface area (Å²) in [6.07, 6.45) is 2.42. The first kappa shape index (κ1) is 10.1. The minimum absolute atomic E-state index is 0.142. The number of hydrogen-bond acceptors (Lipinski definition) is 2. The van der Waals surface area contributed by atoms with Gasteiger partial charge in [0.1, 0.15) is 5.82 Å². The molecule has 0 amide bonds. The van der Waals surface area contributed by atoms with E-state index in [1.165, 1.54) is 18.4 Å². The molecule has 1 fully saturated rings. The molecule has 0 bridgehead atoms. The highest BCUT2D eigenvalue weighted by Gasteiger charge is 2.29. The Morgan fingerprint density at radius 3 is 2.94 bits per heavy atom. The molecule has 0 saturated carbocycles. The Hall–Kier alpha value is -1.09. The minimum atomic E-state index is -0.142. The van der Waals surface area contributed by atoms with Gasteiger partial charge in [0.15, 0.2) is 0 Å². The molecule has 3 heteroatoms. The van der Waals surface area contributed by atoms with Crippen molar-refractivity contribution in [1.29, 1.82) is 0 Å². The van der Waals surface area contributed by atoms with E-state index >= 15 is 0 Å². The van der Waals surface area contributed by atoms with Gasteiger partial charge in [0.2, 0.25) is 0 Å². The first-order valence-electron chi connectivity index (χ1n) is 6.08. The first-order valence-corrected chi connectivity index (χ1v) is 6.08. The van der Waals surface area contributed by atoms with Crippen LogP contribution < -0.4 is 10.6 Å². The Morgan fingerprint density at radius 2 is 2.12 bits per heavy atom. The average Bonchev–Trinajstić information content (AvgIpc) is 2.81. The lowest BCUT2D eigenvalue weighted by atomic mass is 9.80. The Bertz CT molecular complexity index is 386. The number of nitrogens with one attached hydrogen (secondary N) is 2. The van der Waals surface area contributed by atoms with Crippen LogP contribution in [0.4, 0.5) is 10.1 Å². The van der Waals surface area contributed by atoms with Crippen molar-refractivity contribution >= 4 is 5.69 Å². The molecule has 2 N–H and O–H groups in total. The molecule has 1 aromatic rings. The Morgan fingerprint density at radius 1 is 1.19 bits per heavy atom. The highest BCUT2D eigenvalue weighted by Crippen LogP contribution is 2.39. The van der Waals surface area contributed by atoms with Gasteiger partial charge < -0.3 is 10.6 Å². The summed E-state index contributed by atoms with van der Waals surface area (Å²) in [4.78, 5) is 0. The quantitative estimate of drug-likeness (QED) is 0.759. The molecular weight excluding hydrogens is 203 g/mol. The smallest absolute Gasteiger partial charge is 0.125 e. The second kappa shape index (κ2) is 4.06. The number of halogens is 1. The van der Waals surface area contributed by atoms with E-state index in [2.05, 4.69) is 10.6 Å². The monoisotopic (exact) mass is 220 g/mol. The number of anilines is 1. The van der Waals surface area contributed by atoms with E-state index in [1.807, 2.05) is 6.07 Å². The van der Waals surface area contributed by atoms with Crippen LogP contribution in [0.25, 0.3) is 0 Å². The molecule has 2 nitrogen and oxygen atoms in total. The molecule has 86 valence electrons. The van der Waals surface area contributed by atoms with E-state index in [0.717, 1.165) is 31.2 Å². The van der Waals surface area contributed by atoms with E-state index in [0.29, 0.717) is 5.92 Å². The van der Waals surface area contributed by atoms with Crippen molar-refractivity contribution in [1.82, 2.24) is 5.32 Å². The van der Waals surface area contributed by atoms with Gasteiger partial charge in [0, 0.05) is 12.2 Å². The second-order valence-electron chi connectivity index (χ2n) is 4.81. The summed E-state index contributed by atoms with van der Waals surface area (Å²) in [7, 11) is 0. The molecule has 2 aliphatic rings. The van der Waals surface area contributed by atoms with Crippen LogP contribution >= 0.6 is 0 Å². The maximum Gasteiger partial charge on any atom is 0.125 e. The van der Waals surface area contributed by atoms with Crippen LogP contribution in [0.2, 0.25) is 0 Å². The third kappa shape index (κ3) is 1.69. The summed E-state index contributed by atoms with van der Waals surface area (Å²) in [5.74, 6) is 1.19. The van der Waals surface area contributed by atoms with Crippen molar-refractivity contribution in [3.8, 4) is 0 Å². The Balaban J connectivity index is 1.93. The zero-order chi connectivity index (χ0) is 11.0. The predicted molar refractivity (Wildman–Crippen MR) is 63.2 cm³/mol. The van der Waals surface area contributed by atoms with E-state index < -0.39 is 0 Å². The van der Waals surface area contributed by atoms with Crippen LogP contribution in [0, 0.1) is 11.7 Å². The summed E-state index contributed by atoms with van der Waals surface area (Å²) in [5, 5.41) is 6.71. The van der Waals surface area contributed by atoms with Crippen LogP contribution in [0.15, 0.2) is 18.2 Å². The molecular formula is C13H17FN2. The molecule has 1 saturated heterocycles. The van der Waals surface area contributed by atoms with Gasteiger partial charge in [-0.1, -0.05) is 6.07 Å². The highest BCUT2D eigenvalue weighted by molar-refractivity contribution is 5.55. The molecule has 2 atom stereocenters. The largest absolute Gasteiger partial charge is 0.385 e. The van der Waals surface area contributed by atoms with Gasteiger partial charge in [-0.15, -0.1) is 0 Å². The molecule has 2 aliphatic heterocycles. The maximum absolute atomic E-state index is 13.1. The zero-order valence-electron chi connectivity index (χ0n) is 9.30. The van der Waals surface area contributed by atoms with Gasteiger partial charge in [-0.05, 0) is 55.5 Å². The minimum Gasteiger partial charge on any atom is -0.385 e. The molecule has 2 heterocycles. The van der Waals surface area contributed by atoms with Crippen molar-refractivity contribution < 1.29 is 4.39 Å². The lowest BCUT2D eigenvalue weighted by Gasteiger charge is -2.30. The average molecular weight is 220 g/mol.